The number of hydrogen-bond acceptors (Lipinski definition) is 5. The van der Waals surface area contributed by atoms with Gasteiger partial charge in [0, 0.05) is 0 Å². The summed E-state index contributed by atoms with van der Waals surface area (Å²) in [4.78, 5) is 26.9. The summed E-state index contributed by atoms with van der Waals surface area (Å²) in [6, 6.07) is 16.3. The summed E-state index contributed by atoms with van der Waals surface area (Å²) in [6.07, 6.45) is 1.54. The molecule has 2 N–H and O–H groups in total. The number of amides is 3. The molecule has 1 fully saturated rings. The van der Waals surface area contributed by atoms with E-state index in [1.165, 1.54) is 0 Å². The Kier molecular flexibility index (Phi) is 5.42. The third-order valence-corrected chi connectivity index (χ3v) is 5.69. The third-order valence-electron chi connectivity index (χ3n) is 5.69. The number of aliphatic hydroxyl groups excluding tert-OH is 1. The van der Waals surface area contributed by atoms with Gasteiger partial charge in [0.05, 0.1) is 19.0 Å². The number of carbonyl (C=O) groups excluding carboxylic acids is 2. The lowest BCUT2D eigenvalue weighted by Crippen LogP contribution is -2.47. The van der Waals surface area contributed by atoms with E-state index < -0.39 is 17.7 Å². The maximum Gasteiger partial charge on any atom is 0.325 e. The minimum atomic E-state index is -1.04. The number of carbonyl (C=O) groups is 2. The number of aliphatic hydroxyl groups is 1. The van der Waals surface area contributed by atoms with Crippen LogP contribution in [0.4, 0.5) is 4.79 Å². The number of nitriles is 1. The highest BCUT2D eigenvalue weighted by Gasteiger charge is 2.54. The van der Waals surface area contributed by atoms with Crippen molar-refractivity contribution in [2.75, 3.05) is 13.2 Å². The molecule has 2 aliphatic rings. The van der Waals surface area contributed by atoms with Crippen LogP contribution in [0.25, 0.3) is 0 Å². The molecule has 4 rings (SSSR count). The predicted octanol–water partition coefficient (Wildman–Crippen LogP) is 2.28. The zero-order chi connectivity index (χ0) is 21.1. The Morgan fingerprint density at radius 1 is 1.20 bits per heavy atom. The number of nitrogens with zero attached hydrogens (tertiary/aromatic N) is 2. The highest BCUT2D eigenvalue weighted by molar-refractivity contribution is 6.07. The van der Waals surface area contributed by atoms with Gasteiger partial charge in [0.1, 0.15) is 24.0 Å². The zero-order valence-electron chi connectivity index (χ0n) is 16.5. The number of imide groups is 1. The second-order valence-electron chi connectivity index (χ2n) is 7.71. The van der Waals surface area contributed by atoms with Gasteiger partial charge in [-0.1, -0.05) is 36.4 Å². The number of hydrogen-bond donors (Lipinski definition) is 2. The van der Waals surface area contributed by atoms with Crippen LogP contribution in [0.5, 0.6) is 5.75 Å². The van der Waals surface area contributed by atoms with Crippen LogP contribution in [-0.2, 0) is 23.2 Å². The summed E-state index contributed by atoms with van der Waals surface area (Å²) in [6.45, 7) is -0.195. The van der Waals surface area contributed by atoms with Crippen molar-refractivity contribution >= 4 is 11.9 Å². The van der Waals surface area contributed by atoms with Crippen LogP contribution >= 0.6 is 0 Å². The van der Waals surface area contributed by atoms with Crippen molar-refractivity contribution in [3.05, 3.63) is 65.2 Å². The van der Waals surface area contributed by atoms with E-state index in [0.29, 0.717) is 18.6 Å². The fraction of sp³-hybridized carbons (Fsp3) is 0.348. The van der Waals surface area contributed by atoms with Gasteiger partial charge in [-0.05, 0) is 48.1 Å². The summed E-state index contributed by atoms with van der Waals surface area (Å²) < 4.78 is 5.57. The third kappa shape index (κ3) is 3.62. The Hall–Kier alpha value is -3.37. The number of benzene rings is 2. The molecule has 1 aliphatic heterocycles. The van der Waals surface area contributed by atoms with Crippen LogP contribution in [0.15, 0.2) is 48.5 Å². The number of ether oxygens (including phenoxy) is 1. The molecule has 3 amide bonds. The molecule has 0 aromatic heterocycles. The maximum atomic E-state index is 13.2. The van der Waals surface area contributed by atoms with Gasteiger partial charge < -0.3 is 15.2 Å². The van der Waals surface area contributed by atoms with Crippen molar-refractivity contribution in [2.45, 2.75) is 37.3 Å². The van der Waals surface area contributed by atoms with Crippen LogP contribution < -0.4 is 10.1 Å². The van der Waals surface area contributed by atoms with Crippen molar-refractivity contribution in [1.82, 2.24) is 10.2 Å². The van der Waals surface area contributed by atoms with Gasteiger partial charge in [-0.25, -0.2) is 4.79 Å². The van der Waals surface area contributed by atoms with Crippen LogP contribution in [0, 0.1) is 11.3 Å². The second kappa shape index (κ2) is 8.17. The fourth-order valence-corrected chi connectivity index (χ4v) is 4.23. The van der Waals surface area contributed by atoms with Gasteiger partial charge in [-0.3, -0.25) is 9.69 Å². The van der Waals surface area contributed by atoms with Gasteiger partial charge in [0.25, 0.3) is 5.91 Å². The largest absolute Gasteiger partial charge is 0.491 e. The number of fused-ring (bicyclic) bond motifs is 2. The molecule has 2 atom stereocenters. The van der Waals surface area contributed by atoms with Crippen LogP contribution in [-0.4, -0.2) is 41.2 Å². The topological polar surface area (TPSA) is 103 Å². The molecule has 0 saturated carbocycles. The monoisotopic (exact) mass is 405 g/mol. The molecule has 154 valence electrons. The summed E-state index contributed by atoms with van der Waals surface area (Å²) in [5.74, 6) is 0.227. The van der Waals surface area contributed by atoms with E-state index in [0.717, 1.165) is 34.4 Å². The first kappa shape index (κ1) is 19.9. The SMILES string of the molecule is N#CCc1ccc(OC[C@@H](O)CN2C(=O)N[C@]3(CCCc4ccccc43)C2=O)cc1. The average Bonchev–Trinajstić information content (AvgIpc) is 2.98. The van der Waals surface area contributed by atoms with Crippen LogP contribution in [0.1, 0.15) is 29.5 Å². The van der Waals surface area contributed by atoms with Crippen molar-refractivity contribution in [2.24, 2.45) is 0 Å². The Morgan fingerprint density at radius 3 is 2.73 bits per heavy atom. The van der Waals surface area contributed by atoms with Crippen molar-refractivity contribution in [3.8, 4) is 11.8 Å². The first-order chi connectivity index (χ1) is 14.5. The van der Waals surface area contributed by atoms with Crippen LogP contribution in [0.2, 0.25) is 0 Å². The van der Waals surface area contributed by atoms with Gasteiger partial charge >= 0.3 is 6.03 Å². The van der Waals surface area contributed by atoms with E-state index in [1.54, 1.807) is 24.3 Å². The van der Waals surface area contributed by atoms with Gasteiger partial charge in [0.2, 0.25) is 0 Å². The van der Waals surface area contributed by atoms with Crippen molar-refractivity contribution in [1.29, 1.82) is 5.26 Å². The maximum absolute atomic E-state index is 13.2. The molecule has 0 unspecified atom stereocenters. The summed E-state index contributed by atoms with van der Waals surface area (Å²) >= 11 is 0. The molecule has 1 aliphatic carbocycles. The van der Waals surface area contributed by atoms with Gasteiger partial charge in [-0.15, -0.1) is 0 Å². The van der Waals surface area contributed by atoms with E-state index in [1.807, 2.05) is 24.3 Å². The molecule has 1 heterocycles. The highest BCUT2D eigenvalue weighted by atomic mass is 16.5. The van der Waals surface area contributed by atoms with Gasteiger partial charge in [-0.2, -0.15) is 5.26 Å². The Balaban J connectivity index is 1.41. The number of rotatable bonds is 6. The van der Waals surface area contributed by atoms with Crippen LogP contribution in [0.3, 0.4) is 0 Å². The first-order valence-electron chi connectivity index (χ1n) is 10.0. The standard InChI is InChI=1S/C23H23N3O4/c24-13-11-16-7-9-19(10-8-16)30-15-18(27)14-26-21(28)23(25-22(26)29)12-3-5-17-4-1-2-6-20(17)23/h1-2,4,6-10,18,27H,3,5,11-12,14-15H2,(H,25,29)/t18-,23-/m0/s1. The summed E-state index contributed by atoms with van der Waals surface area (Å²) in [5.41, 5.74) is 1.76. The van der Waals surface area contributed by atoms with E-state index in [9.17, 15) is 14.7 Å². The number of nitrogens with one attached hydrogen (secondary N) is 1. The zero-order valence-corrected chi connectivity index (χ0v) is 16.5. The lowest BCUT2D eigenvalue weighted by molar-refractivity contribution is -0.133. The van der Waals surface area contributed by atoms with E-state index in [-0.39, 0.29) is 19.1 Å². The second-order valence-corrected chi connectivity index (χ2v) is 7.71. The molecule has 0 bridgehead atoms. The Bertz CT molecular complexity index is 998. The average molecular weight is 405 g/mol. The molecule has 7 nitrogen and oxygen atoms in total. The normalized spacial score (nSPS) is 21.1. The van der Waals surface area contributed by atoms with E-state index in [2.05, 4.69) is 11.4 Å². The fourth-order valence-electron chi connectivity index (χ4n) is 4.23. The lowest BCUT2D eigenvalue weighted by Gasteiger charge is -2.33. The molecule has 0 radical (unpaired) electrons. The van der Waals surface area contributed by atoms with Crippen molar-refractivity contribution in [3.63, 3.8) is 0 Å². The van der Waals surface area contributed by atoms with E-state index >= 15 is 0 Å². The summed E-state index contributed by atoms with van der Waals surface area (Å²) in [5, 5.41) is 22.0. The molecular formula is C23H23N3O4. The molecule has 1 saturated heterocycles. The minimum absolute atomic E-state index is 0.0573. The predicted molar refractivity (Wildman–Crippen MR) is 109 cm³/mol. The first-order valence-corrected chi connectivity index (χ1v) is 10.0. The molecular weight excluding hydrogens is 382 g/mol. The molecule has 1 spiro atoms. The minimum Gasteiger partial charge on any atom is -0.491 e. The Labute approximate surface area is 174 Å². The number of aryl methyl sites for hydroxylation is 1. The van der Waals surface area contributed by atoms with Crippen molar-refractivity contribution < 1.29 is 19.4 Å². The Morgan fingerprint density at radius 2 is 1.97 bits per heavy atom. The van der Waals surface area contributed by atoms with Gasteiger partial charge in [0.15, 0.2) is 0 Å². The van der Waals surface area contributed by atoms with E-state index in [4.69, 9.17) is 10.00 Å². The quantitative estimate of drug-likeness (QED) is 0.718. The molecule has 7 heteroatoms. The molecule has 2 aromatic carbocycles. The number of β-amino-alcohol motifs (C(OH)–C–C–N with tert-alkyl or cyclic N) is 1. The lowest BCUT2D eigenvalue weighted by atomic mass is 9.76. The smallest absolute Gasteiger partial charge is 0.325 e. The highest BCUT2D eigenvalue weighted by Crippen LogP contribution is 2.39. The number of urea groups is 1. The summed E-state index contributed by atoms with van der Waals surface area (Å²) in [7, 11) is 0. The molecule has 30 heavy (non-hydrogen) atoms. The molecule has 2 aromatic rings.